The quantitative estimate of drug-likeness (QED) is 0.773. The van der Waals surface area contributed by atoms with Crippen molar-refractivity contribution in [2.75, 3.05) is 7.05 Å². The van der Waals surface area contributed by atoms with Gasteiger partial charge in [-0.3, -0.25) is 0 Å². The van der Waals surface area contributed by atoms with Crippen LogP contribution in [0.3, 0.4) is 0 Å². The summed E-state index contributed by atoms with van der Waals surface area (Å²) in [6, 6.07) is 12.9. The molecule has 90 valence electrons. The van der Waals surface area contributed by atoms with Gasteiger partial charge in [0.15, 0.2) is 0 Å². The molecule has 1 aromatic carbocycles. The molecule has 0 aliphatic rings. The molecule has 4 heteroatoms. The third kappa shape index (κ3) is 3.44. The molecule has 2 aromatic rings. The Bertz CT molecular complexity index is 498. The van der Waals surface area contributed by atoms with Gasteiger partial charge in [-0.1, -0.05) is 29.8 Å². The predicted molar refractivity (Wildman–Crippen MR) is 84.0 cm³/mol. The van der Waals surface area contributed by atoms with Gasteiger partial charge in [-0.15, -0.1) is 11.3 Å². The Morgan fingerprint density at radius 1 is 1.29 bits per heavy atom. The fourth-order valence-corrected chi connectivity index (χ4v) is 3.68. The first-order valence-electron chi connectivity index (χ1n) is 5.36. The summed E-state index contributed by atoms with van der Waals surface area (Å²) in [5, 5.41) is 3.38. The number of benzene rings is 1. The molecular weight excluding hydrogens is 365 g/mol. The highest BCUT2D eigenvalue weighted by Gasteiger charge is 2.13. The van der Waals surface area contributed by atoms with E-state index >= 15 is 0 Å². The number of likely N-dealkylation sites (N-methyl/N-ethyl adjacent to an activating group) is 1. The standard InChI is InChI=1S/C13H13ClINS/c1-16-12(8-9-6-7-13(14)17-9)10-4-2-3-5-11(10)15/h2-7,12,16H,8H2,1H3. The molecule has 0 bridgehead atoms. The minimum atomic E-state index is 0.345. The fourth-order valence-electron chi connectivity index (χ4n) is 1.79. The van der Waals surface area contributed by atoms with Crippen molar-refractivity contribution < 1.29 is 0 Å². The Labute approximate surface area is 124 Å². The molecule has 1 N–H and O–H groups in total. The van der Waals surface area contributed by atoms with E-state index in [1.54, 1.807) is 11.3 Å². The summed E-state index contributed by atoms with van der Waals surface area (Å²) in [7, 11) is 2.00. The predicted octanol–water partition coefficient (Wildman–Crippen LogP) is 4.51. The van der Waals surface area contributed by atoms with Crippen LogP contribution in [0.5, 0.6) is 0 Å². The molecule has 1 nitrogen and oxygen atoms in total. The van der Waals surface area contributed by atoms with Crippen molar-refractivity contribution in [2.24, 2.45) is 0 Å². The Kier molecular flexibility index (Phi) is 4.85. The summed E-state index contributed by atoms with van der Waals surface area (Å²) in [6.45, 7) is 0. The number of rotatable bonds is 4. The third-order valence-corrected chi connectivity index (χ3v) is 4.90. The van der Waals surface area contributed by atoms with Crippen LogP contribution in [0.2, 0.25) is 4.34 Å². The first kappa shape index (κ1) is 13.3. The van der Waals surface area contributed by atoms with Crippen LogP contribution >= 0.6 is 45.5 Å². The highest BCUT2D eigenvalue weighted by Crippen LogP contribution is 2.28. The molecule has 1 heterocycles. The van der Waals surface area contributed by atoms with Crippen molar-refractivity contribution in [3.63, 3.8) is 0 Å². The minimum absolute atomic E-state index is 0.345. The fraction of sp³-hybridized carbons (Fsp3) is 0.231. The molecule has 0 radical (unpaired) electrons. The maximum Gasteiger partial charge on any atom is 0.0931 e. The van der Waals surface area contributed by atoms with Crippen LogP contribution < -0.4 is 5.32 Å². The average molecular weight is 378 g/mol. The van der Waals surface area contributed by atoms with Gasteiger partial charge in [0.1, 0.15) is 0 Å². The first-order chi connectivity index (χ1) is 8.20. The molecule has 0 fully saturated rings. The zero-order chi connectivity index (χ0) is 12.3. The van der Waals surface area contributed by atoms with Gasteiger partial charge in [0.25, 0.3) is 0 Å². The largest absolute Gasteiger partial charge is 0.313 e. The van der Waals surface area contributed by atoms with E-state index in [4.69, 9.17) is 11.6 Å². The lowest BCUT2D eigenvalue weighted by Gasteiger charge is -2.17. The van der Waals surface area contributed by atoms with Crippen LogP contribution in [0, 0.1) is 3.57 Å². The molecule has 1 aromatic heterocycles. The van der Waals surface area contributed by atoms with Crippen LogP contribution in [0.4, 0.5) is 0 Å². The lowest BCUT2D eigenvalue weighted by molar-refractivity contribution is 0.594. The molecule has 0 saturated heterocycles. The van der Waals surface area contributed by atoms with Gasteiger partial charge >= 0.3 is 0 Å². The van der Waals surface area contributed by atoms with Gasteiger partial charge in [0.2, 0.25) is 0 Å². The number of thiophene rings is 1. The highest BCUT2D eigenvalue weighted by atomic mass is 127. The van der Waals surface area contributed by atoms with Crippen LogP contribution in [-0.2, 0) is 6.42 Å². The molecule has 0 aliphatic heterocycles. The topological polar surface area (TPSA) is 12.0 Å². The van der Waals surface area contributed by atoms with E-state index in [0.29, 0.717) is 6.04 Å². The smallest absolute Gasteiger partial charge is 0.0931 e. The SMILES string of the molecule is CNC(Cc1ccc(Cl)s1)c1ccccc1I. The van der Waals surface area contributed by atoms with E-state index in [2.05, 4.69) is 58.2 Å². The number of halogens is 2. The van der Waals surface area contributed by atoms with E-state index in [-0.39, 0.29) is 0 Å². The second kappa shape index (κ2) is 6.18. The van der Waals surface area contributed by atoms with Crippen molar-refractivity contribution in [3.05, 3.63) is 54.7 Å². The molecule has 1 atom stereocenters. The van der Waals surface area contributed by atoms with E-state index in [1.165, 1.54) is 14.0 Å². The van der Waals surface area contributed by atoms with E-state index in [1.807, 2.05) is 13.1 Å². The lowest BCUT2D eigenvalue weighted by atomic mass is 10.0. The first-order valence-corrected chi connectivity index (χ1v) is 7.64. The highest BCUT2D eigenvalue weighted by molar-refractivity contribution is 14.1. The Morgan fingerprint density at radius 3 is 2.65 bits per heavy atom. The third-order valence-electron chi connectivity index (χ3n) is 2.66. The van der Waals surface area contributed by atoms with Gasteiger partial charge in [-0.2, -0.15) is 0 Å². The van der Waals surface area contributed by atoms with Gasteiger partial charge in [0, 0.05) is 20.9 Å². The Morgan fingerprint density at radius 2 is 2.06 bits per heavy atom. The van der Waals surface area contributed by atoms with Crippen LogP contribution in [0.15, 0.2) is 36.4 Å². The van der Waals surface area contributed by atoms with Crippen molar-refractivity contribution >= 4 is 45.5 Å². The Hall–Kier alpha value is -0.100. The zero-order valence-electron chi connectivity index (χ0n) is 9.41. The van der Waals surface area contributed by atoms with Crippen LogP contribution in [0.1, 0.15) is 16.5 Å². The second-order valence-electron chi connectivity index (χ2n) is 3.77. The summed E-state index contributed by atoms with van der Waals surface area (Å²) in [5.74, 6) is 0. The van der Waals surface area contributed by atoms with Crippen molar-refractivity contribution in [3.8, 4) is 0 Å². The summed E-state index contributed by atoms with van der Waals surface area (Å²) in [5.41, 5.74) is 1.35. The minimum Gasteiger partial charge on any atom is -0.313 e. The summed E-state index contributed by atoms with van der Waals surface area (Å²) >= 11 is 10.0. The normalized spacial score (nSPS) is 12.6. The van der Waals surface area contributed by atoms with Gasteiger partial charge < -0.3 is 5.32 Å². The van der Waals surface area contributed by atoms with Crippen molar-refractivity contribution in [1.29, 1.82) is 0 Å². The van der Waals surface area contributed by atoms with E-state index < -0.39 is 0 Å². The van der Waals surface area contributed by atoms with Crippen molar-refractivity contribution in [1.82, 2.24) is 5.32 Å². The molecule has 0 spiro atoms. The van der Waals surface area contributed by atoms with Crippen LogP contribution in [0.25, 0.3) is 0 Å². The van der Waals surface area contributed by atoms with E-state index in [0.717, 1.165) is 10.8 Å². The number of hydrogen-bond donors (Lipinski definition) is 1. The lowest BCUT2D eigenvalue weighted by Crippen LogP contribution is -2.19. The van der Waals surface area contributed by atoms with Crippen molar-refractivity contribution in [2.45, 2.75) is 12.5 Å². The zero-order valence-corrected chi connectivity index (χ0v) is 13.1. The van der Waals surface area contributed by atoms with Gasteiger partial charge in [-0.05, 0) is 53.4 Å². The maximum absolute atomic E-state index is 5.96. The average Bonchev–Trinajstić information content (AvgIpc) is 2.73. The van der Waals surface area contributed by atoms with E-state index in [9.17, 15) is 0 Å². The molecule has 0 saturated carbocycles. The number of nitrogens with one attached hydrogen (secondary N) is 1. The monoisotopic (exact) mass is 377 g/mol. The molecule has 17 heavy (non-hydrogen) atoms. The summed E-state index contributed by atoms with van der Waals surface area (Å²) in [6.07, 6.45) is 0.980. The molecular formula is C13H13ClINS. The molecule has 2 rings (SSSR count). The van der Waals surface area contributed by atoms with Gasteiger partial charge in [-0.25, -0.2) is 0 Å². The molecule has 0 amide bonds. The van der Waals surface area contributed by atoms with Gasteiger partial charge in [0.05, 0.1) is 4.34 Å². The van der Waals surface area contributed by atoms with Crippen LogP contribution in [-0.4, -0.2) is 7.05 Å². The second-order valence-corrected chi connectivity index (χ2v) is 6.73. The summed E-state index contributed by atoms with van der Waals surface area (Å²) in [4.78, 5) is 1.31. The molecule has 0 aliphatic carbocycles. The summed E-state index contributed by atoms with van der Waals surface area (Å²) < 4.78 is 2.16. The Balaban J connectivity index is 2.20. The maximum atomic E-state index is 5.96. The molecule has 1 unspecified atom stereocenters. The number of hydrogen-bond acceptors (Lipinski definition) is 2.